The number of unbranched alkanes of at least 4 members (excludes halogenated alkanes) is 2. The van der Waals surface area contributed by atoms with Gasteiger partial charge in [0.15, 0.2) is 0 Å². The Labute approximate surface area is 58.2 Å². The van der Waals surface area contributed by atoms with Crippen molar-refractivity contribution in [2.75, 3.05) is 6.61 Å². The van der Waals surface area contributed by atoms with E-state index in [-0.39, 0.29) is 6.61 Å². The minimum absolute atomic E-state index is 0.251. The van der Waals surface area contributed by atoms with Crippen molar-refractivity contribution in [1.29, 1.82) is 0 Å². The van der Waals surface area contributed by atoms with Crippen molar-refractivity contribution in [1.82, 2.24) is 0 Å². The first-order valence-corrected chi connectivity index (χ1v) is 3.06. The molecular weight excluding hydrogens is 145 g/mol. The molecule has 0 aliphatic heterocycles. The molecule has 10 heavy (non-hydrogen) atoms. The molecule has 0 fully saturated rings. The van der Waals surface area contributed by atoms with Gasteiger partial charge in [-0.2, -0.15) is 0 Å². The van der Waals surface area contributed by atoms with Crippen LogP contribution in [-0.2, 0) is 4.74 Å². The summed E-state index contributed by atoms with van der Waals surface area (Å²) in [6.45, 7) is 3.23. The van der Waals surface area contributed by atoms with E-state index in [1.165, 1.54) is 0 Å². The zero-order valence-corrected chi connectivity index (χ0v) is 5.58. The van der Waals surface area contributed by atoms with Crippen LogP contribution in [0.5, 0.6) is 0 Å². The maximum atomic E-state index is 11.2. The SMILES string of the molecule is [CH2]CCCCOC(F)(F)F. The number of hydrogen-bond acceptors (Lipinski definition) is 1. The van der Waals surface area contributed by atoms with E-state index in [1.54, 1.807) is 0 Å². The Morgan fingerprint density at radius 3 is 2.20 bits per heavy atom. The predicted molar refractivity (Wildman–Crippen MR) is 31.2 cm³/mol. The average Bonchev–Trinajstić information content (AvgIpc) is 1.78. The van der Waals surface area contributed by atoms with Gasteiger partial charge in [-0.1, -0.05) is 19.8 Å². The molecule has 0 aromatic heterocycles. The quantitative estimate of drug-likeness (QED) is 0.567. The molecule has 0 aliphatic carbocycles. The van der Waals surface area contributed by atoms with Crippen molar-refractivity contribution in [3.05, 3.63) is 6.92 Å². The summed E-state index contributed by atoms with van der Waals surface area (Å²) in [4.78, 5) is 0. The van der Waals surface area contributed by atoms with E-state index >= 15 is 0 Å². The molecule has 4 heteroatoms. The Balaban J connectivity index is 3.04. The van der Waals surface area contributed by atoms with Gasteiger partial charge in [-0.3, -0.25) is 4.74 Å². The van der Waals surface area contributed by atoms with Gasteiger partial charge < -0.3 is 0 Å². The topological polar surface area (TPSA) is 9.23 Å². The molecule has 1 nitrogen and oxygen atoms in total. The Morgan fingerprint density at radius 2 is 1.80 bits per heavy atom. The van der Waals surface area contributed by atoms with E-state index in [1.807, 2.05) is 0 Å². The van der Waals surface area contributed by atoms with Crippen LogP contribution < -0.4 is 0 Å². The zero-order chi connectivity index (χ0) is 8.04. The third kappa shape index (κ3) is 7.75. The molecule has 0 heterocycles. The Kier molecular flexibility index (Phi) is 4.43. The minimum Gasteiger partial charge on any atom is -0.292 e. The summed E-state index contributed by atoms with van der Waals surface area (Å²) in [6, 6.07) is 0. The fourth-order valence-electron chi connectivity index (χ4n) is 0.467. The number of halogens is 3. The number of hydrogen-bond donors (Lipinski definition) is 0. The zero-order valence-electron chi connectivity index (χ0n) is 5.58. The Bertz CT molecular complexity index is 79.6. The molecule has 0 saturated heterocycles. The van der Waals surface area contributed by atoms with Crippen LogP contribution >= 0.6 is 0 Å². The predicted octanol–water partition coefficient (Wildman–Crippen LogP) is 2.53. The Hall–Kier alpha value is -0.250. The summed E-state index contributed by atoms with van der Waals surface area (Å²) in [5, 5.41) is 0. The van der Waals surface area contributed by atoms with E-state index in [0.29, 0.717) is 19.3 Å². The standard InChI is InChI=1S/C6H10F3O/c1-2-3-4-5-10-6(7,8)9/h1-5H2. The molecule has 0 unspecified atom stereocenters. The van der Waals surface area contributed by atoms with Gasteiger partial charge >= 0.3 is 6.36 Å². The molecule has 0 aromatic carbocycles. The molecule has 0 rings (SSSR count). The second kappa shape index (κ2) is 4.55. The van der Waals surface area contributed by atoms with Gasteiger partial charge in [-0.15, -0.1) is 13.2 Å². The van der Waals surface area contributed by atoms with Crippen molar-refractivity contribution in [3.8, 4) is 0 Å². The molecule has 0 N–H and O–H groups in total. The van der Waals surface area contributed by atoms with Crippen molar-refractivity contribution in [3.63, 3.8) is 0 Å². The summed E-state index contributed by atoms with van der Waals surface area (Å²) in [6.07, 6.45) is -2.72. The lowest BCUT2D eigenvalue weighted by Crippen LogP contribution is -2.13. The maximum Gasteiger partial charge on any atom is 0.522 e. The molecule has 61 valence electrons. The van der Waals surface area contributed by atoms with E-state index < -0.39 is 6.36 Å². The third-order valence-corrected chi connectivity index (χ3v) is 0.910. The molecule has 0 amide bonds. The van der Waals surface area contributed by atoms with Crippen molar-refractivity contribution in [2.45, 2.75) is 25.6 Å². The van der Waals surface area contributed by atoms with Gasteiger partial charge in [0.1, 0.15) is 0 Å². The monoisotopic (exact) mass is 155 g/mol. The molecule has 0 saturated carbocycles. The fourth-order valence-corrected chi connectivity index (χ4v) is 0.467. The first-order valence-electron chi connectivity index (χ1n) is 3.06. The maximum absolute atomic E-state index is 11.2. The lowest BCUT2D eigenvalue weighted by molar-refractivity contribution is -0.324. The molecule has 0 aromatic rings. The highest BCUT2D eigenvalue weighted by Gasteiger charge is 2.28. The largest absolute Gasteiger partial charge is 0.522 e. The summed E-state index contributed by atoms with van der Waals surface area (Å²) in [7, 11) is 0. The first-order chi connectivity index (χ1) is 4.56. The van der Waals surface area contributed by atoms with Crippen LogP contribution in [0.1, 0.15) is 19.3 Å². The minimum atomic E-state index is -4.47. The molecule has 0 spiro atoms. The summed E-state index contributed by atoms with van der Waals surface area (Å²) >= 11 is 0. The van der Waals surface area contributed by atoms with Gasteiger partial charge in [-0.05, 0) is 6.42 Å². The van der Waals surface area contributed by atoms with Gasteiger partial charge in [-0.25, -0.2) is 0 Å². The van der Waals surface area contributed by atoms with Crippen LogP contribution in [0.4, 0.5) is 13.2 Å². The summed E-state index contributed by atoms with van der Waals surface area (Å²) in [5.41, 5.74) is 0. The number of ether oxygens (including phenoxy) is 1. The Morgan fingerprint density at radius 1 is 1.20 bits per heavy atom. The van der Waals surface area contributed by atoms with Gasteiger partial charge in [0, 0.05) is 0 Å². The smallest absolute Gasteiger partial charge is 0.292 e. The fraction of sp³-hybridized carbons (Fsp3) is 0.833. The molecule has 0 atom stereocenters. The second-order valence-corrected chi connectivity index (χ2v) is 1.85. The van der Waals surface area contributed by atoms with Crippen LogP contribution in [0.3, 0.4) is 0 Å². The van der Waals surface area contributed by atoms with Crippen molar-refractivity contribution in [2.24, 2.45) is 0 Å². The lowest BCUT2D eigenvalue weighted by Gasteiger charge is -2.05. The highest BCUT2D eigenvalue weighted by molar-refractivity contribution is 4.41. The summed E-state index contributed by atoms with van der Waals surface area (Å²) < 4.78 is 37.2. The van der Waals surface area contributed by atoms with Crippen LogP contribution in [0, 0.1) is 6.92 Å². The van der Waals surface area contributed by atoms with Crippen LogP contribution in [0.25, 0.3) is 0 Å². The van der Waals surface area contributed by atoms with E-state index in [4.69, 9.17) is 0 Å². The second-order valence-electron chi connectivity index (χ2n) is 1.85. The lowest BCUT2D eigenvalue weighted by atomic mass is 10.3. The van der Waals surface area contributed by atoms with Gasteiger partial charge in [0.05, 0.1) is 6.61 Å². The highest BCUT2D eigenvalue weighted by atomic mass is 19.4. The first kappa shape index (κ1) is 9.75. The van der Waals surface area contributed by atoms with Crippen LogP contribution in [0.2, 0.25) is 0 Å². The van der Waals surface area contributed by atoms with Gasteiger partial charge in [0.2, 0.25) is 0 Å². The van der Waals surface area contributed by atoms with Crippen molar-refractivity contribution < 1.29 is 17.9 Å². The van der Waals surface area contributed by atoms with E-state index in [9.17, 15) is 13.2 Å². The van der Waals surface area contributed by atoms with E-state index in [2.05, 4.69) is 11.7 Å². The van der Waals surface area contributed by atoms with Gasteiger partial charge in [0.25, 0.3) is 0 Å². The molecule has 0 bridgehead atoms. The van der Waals surface area contributed by atoms with Crippen LogP contribution in [-0.4, -0.2) is 13.0 Å². The average molecular weight is 155 g/mol. The molecular formula is C6H10F3O. The van der Waals surface area contributed by atoms with E-state index in [0.717, 1.165) is 0 Å². The van der Waals surface area contributed by atoms with Crippen LogP contribution in [0.15, 0.2) is 0 Å². The highest BCUT2D eigenvalue weighted by Crippen LogP contribution is 2.16. The third-order valence-electron chi connectivity index (χ3n) is 0.910. The number of alkyl halides is 3. The molecule has 1 radical (unpaired) electrons. The molecule has 0 aliphatic rings. The van der Waals surface area contributed by atoms with Crippen molar-refractivity contribution >= 4 is 0 Å². The normalized spacial score (nSPS) is 12.0. The summed E-state index contributed by atoms with van der Waals surface area (Å²) in [5.74, 6) is 0. The number of rotatable bonds is 4.